The average Bonchev–Trinajstić information content (AvgIpc) is 2.88. The van der Waals surface area contributed by atoms with Crippen LogP contribution in [0, 0.1) is 0 Å². The zero-order chi connectivity index (χ0) is 24.8. The Bertz CT molecular complexity index is 1090. The van der Waals surface area contributed by atoms with Crippen LogP contribution in [-0.2, 0) is 9.53 Å². The van der Waals surface area contributed by atoms with Crippen LogP contribution >= 0.6 is 0 Å². The smallest absolute Gasteiger partial charge is 0.338 e. The molecule has 186 valence electrons. The Morgan fingerprint density at radius 1 is 1.09 bits per heavy atom. The molecule has 8 nitrogen and oxygen atoms in total. The molecule has 2 aliphatic heterocycles. The van der Waals surface area contributed by atoms with Crippen molar-refractivity contribution in [1.29, 1.82) is 0 Å². The van der Waals surface area contributed by atoms with E-state index in [0.29, 0.717) is 40.8 Å². The number of carbonyl (C=O) groups is 2. The number of hydrogen-bond acceptors (Lipinski definition) is 6. The van der Waals surface area contributed by atoms with Gasteiger partial charge in [-0.25, -0.2) is 9.59 Å². The molecule has 2 atom stereocenters. The Labute approximate surface area is 206 Å². The van der Waals surface area contributed by atoms with Crippen molar-refractivity contribution in [3.05, 3.63) is 70.9 Å². The molecule has 8 heteroatoms. The molecule has 2 N–H and O–H groups in total. The van der Waals surface area contributed by atoms with E-state index in [0.717, 1.165) is 25.9 Å². The van der Waals surface area contributed by atoms with Crippen LogP contribution in [0.4, 0.5) is 4.79 Å². The topological polar surface area (TPSA) is 89.1 Å². The van der Waals surface area contributed by atoms with E-state index in [1.54, 1.807) is 20.1 Å². The van der Waals surface area contributed by atoms with E-state index >= 15 is 0 Å². The van der Waals surface area contributed by atoms with Gasteiger partial charge in [0.25, 0.3) is 0 Å². The number of urea groups is 1. The number of likely N-dealkylation sites (tertiary alicyclic amines) is 1. The van der Waals surface area contributed by atoms with Gasteiger partial charge in [0.1, 0.15) is 0 Å². The fraction of sp³-hybridized carbons (Fsp3) is 0.407. The number of nitrogens with one attached hydrogen (secondary N) is 2. The van der Waals surface area contributed by atoms with Crippen molar-refractivity contribution < 1.29 is 23.8 Å². The van der Waals surface area contributed by atoms with E-state index in [1.165, 1.54) is 12.7 Å². The van der Waals surface area contributed by atoms with E-state index in [-0.39, 0.29) is 12.6 Å². The summed E-state index contributed by atoms with van der Waals surface area (Å²) < 4.78 is 16.5. The first-order valence-electron chi connectivity index (χ1n) is 12.0. The summed E-state index contributed by atoms with van der Waals surface area (Å²) in [6.45, 7) is 4.17. The highest BCUT2D eigenvalue weighted by molar-refractivity contribution is 5.95. The number of carbonyl (C=O) groups excluding carboxylic acids is 2. The summed E-state index contributed by atoms with van der Waals surface area (Å²) in [6.07, 6.45) is 2.16. The van der Waals surface area contributed by atoms with Gasteiger partial charge >= 0.3 is 12.0 Å². The van der Waals surface area contributed by atoms with Crippen molar-refractivity contribution in [1.82, 2.24) is 15.5 Å². The summed E-state index contributed by atoms with van der Waals surface area (Å²) in [5, 5.41) is 5.78. The maximum atomic E-state index is 13.2. The molecule has 0 aromatic heterocycles. The predicted molar refractivity (Wildman–Crippen MR) is 132 cm³/mol. The Balaban J connectivity index is 1.70. The lowest BCUT2D eigenvalue weighted by Crippen LogP contribution is -2.49. The Kier molecular flexibility index (Phi) is 7.92. The van der Waals surface area contributed by atoms with E-state index in [2.05, 4.69) is 39.8 Å². The minimum absolute atomic E-state index is 0.228. The Morgan fingerprint density at radius 2 is 1.89 bits per heavy atom. The molecular formula is C27H33N3O5. The maximum absolute atomic E-state index is 13.2. The molecule has 2 heterocycles. The molecule has 35 heavy (non-hydrogen) atoms. The molecule has 0 saturated carbocycles. The van der Waals surface area contributed by atoms with Crippen LogP contribution in [0.5, 0.6) is 11.5 Å². The molecule has 2 amide bonds. The monoisotopic (exact) mass is 479 g/mol. The van der Waals surface area contributed by atoms with E-state index in [9.17, 15) is 9.59 Å². The lowest BCUT2D eigenvalue weighted by molar-refractivity contribution is -0.139. The number of hydrogen-bond donors (Lipinski definition) is 2. The van der Waals surface area contributed by atoms with Crippen molar-refractivity contribution in [2.24, 2.45) is 0 Å². The van der Waals surface area contributed by atoms with Gasteiger partial charge in [0.2, 0.25) is 0 Å². The third kappa shape index (κ3) is 5.43. The van der Waals surface area contributed by atoms with Gasteiger partial charge in [-0.15, -0.1) is 0 Å². The number of methoxy groups -OCH3 is 2. The molecule has 0 radical (unpaired) electrons. The standard InChI is InChI=1S/C27H33N3O5/c1-4-35-26(31)23-21(17-30-15-9-12-19(16-30)18-10-6-5-7-11-18)28-27(32)29-24(23)20-13-8-14-22(33-2)25(20)34-3/h5-8,10-11,13-14,19,24H,4,9,12,15-17H2,1-3H3,(H2,28,29,32)/t19-,24-/m1/s1. The third-order valence-corrected chi connectivity index (χ3v) is 6.55. The summed E-state index contributed by atoms with van der Waals surface area (Å²) in [4.78, 5) is 28.3. The minimum atomic E-state index is -0.738. The molecule has 0 aliphatic carbocycles. The van der Waals surface area contributed by atoms with E-state index in [1.807, 2.05) is 18.2 Å². The summed E-state index contributed by atoms with van der Waals surface area (Å²) in [6, 6.07) is 14.8. The average molecular weight is 480 g/mol. The van der Waals surface area contributed by atoms with Crippen molar-refractivity contribution in [2.45, 2.75) is 31.7 Å². The molecule has 4 rings (SSSR count). The number of para-hydroxylation sites is 1. The largest absolute Gasteiger partial charge is 0.493 e. The SMILES string of the molecule is CCOC(=O)C1=C(CN2CCC[C@@H](c3ccccc3)C2)NC(=O)N[C@@H]1c1cccc(OC)c1OC. The van der Waals surface area contributed by atoms with Crippen LogP contribution in [0.2, 0.25) is 0 Å². The molecule has 0 spiro atoms. The predicted octanol–water partition coefficient (Wildman–Crippen LogP) is 3.75. The van der Waals surface area contributed by atoms with Crippen LogP contribution in [0.1, 0.15) is 42.9 Å². The first-order valence-corrected chi connectivity index (χ1v) is 12.0. The zero-order valence-corrected chi connectivity index (χ0v) is 20.5. The van der Waals surface area contributed by atoms with Crippen molar-refractivity contribution in [3.8, 4) is 11.5 Å². The van der Waals surface area contributed by atoms with Gasteiger partial charge in [-0.2, -0.15) is 0 Å². The van der Waals surface area contributed by atoms with E-state index < -0.39 is 12.0 Å². The zero-order valence-electron chi connectivity index (χ0n) is 20.5. The number of benzene rings is 2. The molecule has 2 aliphatic rings. The van der Waals surface area contributed by atoms with Crippen molar-refractivity contribution >= 4 is 12.0 Å². The number of ether oxygens (including phenoxy) is 3. The fourth-order valence-electron chi connectivity index (χ4n) is 4.99. The Hall–Kier alpha value is -3.52. The molecule has 0 unspecified atom stereocenters. The maximum Gasteiger partial charge on any atom is 0.338 e. The fourth-order valence-corrected chi connectivity index (χ4v) is 4.99. The number of esters is 1. The van der Waals surface area contributed by atoms with Crippen LogP contribution < -0.4 is 20.1 Å². The summed E-state index contributed by atoms with van der Waals surface area (Å²) in [5.74, 6) is 0.916. The third-order valence-electron chi connectivity index (χ3n) is 6.55. The number of nitrogens with zero attached hydrogens (tertiary/aromatic N) is 1. The highest BCUT2D eigenvalue weighted by atomic mass is 16.5. The molecule has 0 bridgehead atoms. The van der Waals surface area contributed by atoms with Crippen molar-refractivity contribution in [2.75, 3.05) is 40.5 Å². The van der Waals surface area contributed by atoms with E-state index in [4.69, 9.17) is 14.2 Å². The molecule has 2 aromatic rings. The second kappa shape index (κ2) is 11.3. The van der Waals surface area contributed by atoms with Gasteiger partial charge in [-0.3, -0.25) is 4.90 Å². The second-order valence-corrected chi connectivity index (χ2v) is 8.71. The van der Waals surface area contributed by atoms with Crippen LogP contribution in [0.3, 0.4) is 0 Å². The van der Waals surface area contributed by atoms with Gasteiger partial charge in [-0.1, -0.05) is 42.5 Å². The summed E-state index contributed by atoms with van der Waals surface area (Å²) >= 11 is 0. The summed E-state index contributed by atoms with van der Waals surface area (Å²) in [5.41, 5.74) is 2.86. The molecule has 1 saturated heterocycles. The highest BCUT2D eigenvalue weighted by Gasteiger charge is 2.37. The van der Waals surface area contributed by atoms with Crippen LogP contribution in [0.15, 0.2) is 59.8 Å². The van der Waals surface area contributed by atoms with Gasteiger partial charge in [0, 0.05) is 24.4 Å². The van der Waals surface area contributed by atoms with Gasteiger partial charge in [0.15, 0.2) is 11.5 Å². The second-order valence-electron chi connectivity index (χ2n) is 8.71. The Morgan fingerprint density at radius 3 is 2.60 bits per heavy atom. The first-order chi connectivity index (χ1) is 17.0. The quantitative estimate of drug-likeness (QED) is 0.561. The molecule has 2 aromatic carbocycles. The van der Waals surface area contributed by atoms with Gasteiger partial charge < -0.3 is 24.8 Å². The molecule has 1 fully saturated rings. The van der Waals surface area contributed by atoms with Gasteiger partial charge in [-0.05, 0) is 43.9 Å². The normalized spacial score (nSPS) is 20.6. The van der Waals surface area contributed by atoms with Crippen molar-refractivity contribution in [3.63, 3.8) is 0 Å². The first kappa shape index (κ1) is 24.6. The summed E-state index contributed by atoms with van der Waals surface area (Å²) in [7, 11) is 3.09. The highest BCUT2D eigenvalue weighted by Crippen LogP contribution is 2.39. The lowest BCUT2D eigenvalue weighted by Gasteiger charge is -2.36. The van der Waals surface area contributed by atoms with Crippen LogP contribution in [-0.4, -0.2) is 57.4 Å². The number of piperidine rings is 1. The lowest BCUT2D eigenvalue weighted by atomic mass is 9.90. The number of amides is 2. The number of rotatable bonds is 8. The minimum Gasteiger partial charge on any atom is -0.493 e. The van der Waals surface area contributed by atoms with Crippen LogP contribution in [0.25, 0.3) is 0 Å². The molecular weight excluding hydrogens is 446 g/mol. The van der Waals surface area contributed by atoms with Gasteiger partial charge in [0.05, 0.1) is 32.4 Å².